The highest BCUT2D eigenvalue weighted by atomic mass is 32.2. The summed E-state index contributed by atoms with van der Waals surface area (Å²) in [6.07, 6.45) is 1.88. The maximum absolute atomic E-state index is 12.2. The highest BCUT2D eigenvalue weighted by molar-refractivity contribution is 7.91. The Balaban J connectivity index is 1.67. The van der Waals surface area contributed by atoms with Crippen molar-refractivity contribution >= 4 is 33.1 Å². The second kappa shape index (κ2) is 7.75. The van der Waals surface area contributed by atoms with Gasteiger partial charge in [0.25, 0.3) is 5.91 Å². The lowest BCUT2D eigenvalue weighted by Crippen LogP contribution is -2.36. The first-order valence-corrected chi connectivity index (χ1v) is 10.1. The fraction of sp³-hybridized carbons (Fsp3) is 0.278. The Hall–Kier alpha value is -2.94. The maximum atomic E-state index is 12.2. The van der Waals surface area contributed by atoms with Gasteiger partial charge in [0.05, 0.1) is 41.8 Å². The number of hydrogen-bond donors (Lipinski definition) is 2. The van der Waals surface area contributed by atoms with Gasteiger partial charge in [-0.25, -0.2) is 18.2 Å². The predicted molar refractivity (Wildman–Crippen MR) is 99.8 cm³/mol. The number of esters is 1. The van der Waals surface area contributed by atoms with E-state index in [-0.39, 0.29) is 23.2 Å². The van der Waals surface area contributed by atoms with Crippen LogP contribution in [0.2, 0.25) is 0 Å². The molecule has 0 aliphatic carbocycles. The lowest BCUT2D eigenvalue weighted by Gasteiger charge is -2.12. The number of para-hydroxylation sites is 1. The molecule has 2 heterocycles. The molecule has 1 unspecified atom stereocenters. The Kier molecular flexibility index (Phi) is 5.41. The van der Waals surface area contributed by atoms with Crippen molar-refractivity contribution in [2.45, 2.75) is 12.5 Å². The molecule has 2 aromatic rings. The Morgan fingerprint density at radius 3 is 2.59 bits per heavy atom. The van der Waals surface area contributed by atoms with E-state index in [1.807, 2.05) is 0 Å². The number of rotatable bonds is 5. The van der Waals surface area contributed by atoms with Crippen molar-refractivity contribution in [3.05, 3.63) is 53.9 Å². The summed E-state index contributed by atoms with van der Waals surface area (Å²) in [6.45, 7) is 0. The van der Waals surface area contributed by atoms with E-state index < -0.39 is 21.7 Å². The van der Waals surface area contributed by atoms with E-state index in [0.29, 0.717) is 23.4 Å². The van der Waals surface area contributed by atoms with E-state index in [2.05, 4.69) is 15.6 Å². The molecule has 3 rings (SSSR count). The summed E-state index contributed by atoms with van der Waals surface area (Å²) in [4.78, 5) is 28.1. The van der Waals surface area contributed by atoms with Crippen molar-refractivity contribution in [2.24, 2.45) is 0 Å². The van der Waals surface area contributed by atoms with Crippen molar-refractivity contribution in [3.8, 4) is 0 Å². The molecule has 1 aliphatic heterocycles. The van der Waals surface area contributed by atoms with Gasteiger partial charge in [0.1, 0.15) is 5.69 Å². The average Bonchev–Trinajstić information content (AvgIpc) is 3.00. The minimum absolute atomic E-state index is 0.0390. The SMILES string of the molecule is COC(=O)c1ccccc1Nc1ccc(C(=O)NC2CCS(=O)(=O)C2)nc1. The van der Waals surface area contributed by atoms with Crippen LogP contribution in [-0.4, -0.2) is 49.9 Å². The lowest BCUT2D eigenvalue weighted by molar-refractivity contribution is 0.0601. The monoisotopic (exact) mass is 389 g/mol. The second-order valence-corrected chi connectivity index (χ2v) is 8.40. The summed E-state index contributed by atoms with van der Waals surface area (Å²) in [7, 11) is -1.75. The van der Waals surface area contributed by atoms with E-state index in [1.54, 1.807) is 30.3 Å². The first kappa shape index (κ1) is 18.8. The third-order valence-electron chi connectivity index (χ3n) is 4.18. The fourth-order valence-corrected chi connectivity index (χ4v) is 4.48. The Morgan fingerprint density at radius 1 is 1.19 bits per heavy atom. The summed E-state index contributed by atoms with van der Waals surface area (Å²) in [6, 6.07) is 9.68. The number of amides is 1. The van der Waals surface area contributed by atoms with Gasteiger partial charge in [0.15, 0.2) is 9.84 Å². The molecular weight excluding hydrogens is 370 g/mol. The van der Waals surface area contributed by atoms with Crippen LogP contribution in [0.15, 0.2) is 42.6 Å². The molecular formula is C18H19N3O5S. The highest BCUT2D eigenvalue weighted by Gasteiger charge is 2.29. The first-order valence-electron chi connectivity index (χ1n) is 8.29. The molecule has 0 saturated carbocycles. The molecule has 142 valence electrons. The Bertz CT molecular complexity index is 957. The van der Waals surface area contributed by atoms with Crippen LogP contribution in [0.3, 0.4) is 0 Å². The number of hydrogen-bond acceptors (Lipinski definition) is 7. The van der Waals surface area contributed by atoms with Crippen LogP contribution in [0.4, 0.5) is 11.4 Å². The first-order chi connectivity index (χ1) is 12.9. The van der Waals surface area contributed by atoms with Gasteiger partial charge in [0.2, 0.25) is 0 Å². The third kappa shape index (κ3) is 4.62. The molecule has 2 N–H and O–H groups in total. The Labute approximate surface area is 156 Å². The number of methoxy groups -OCH3 is 1. The molecule has 1 atom stereocenters. The van der Waals surface area contributed by atoms with E-state index in [1.165, 1.54) is 19.4 Å². The molecule has 0 radical (unpaired) electrons. The van der Waals surface area contributed by atoms with E-state index >= 15 is 0 Å². The molecule has 1 aromatic carbocycles. The summed E-state index contributed by atoms with van der Waals surface area (Å²) in [5.74, 6) is -0.830. The van der Waals surface area contributed by atoms with Crippen LogP contribution in [0.5, 0.6) is 0 Å². The van der Waals surface area contributed by atoms with Crippen molar-refractivity contribution in [3.63, 3.8) is 0 Å². The third-order valence-corrected chi connectivity index (χ3v) is 5.94. The fourth-order valence-electron chi connectivity index (χ4n) is 2.81. The molecule has 1 aromatic heterocycles. The average molecular weight is 389 g/mol. The molecule has 27 heavy (non-hydrogen) atoms. The number of ether oxygens (including phenoxy) is 1. The summed E-state index contributed by atoms with van der Waals surface area (Å²) in [5, 5.41) is 5.75. The summed E-state index contributed by atoms with van der Waals surface area (Å²) >= 11 is 0. The number of nitrogens with one attached hydrogen (secondary N) is 2. The van der Waals surface area contributed by atoms with Crippen molar-refractivity contribution in [1.29, 1.82) is 0 Å². The van der Waals surface area contributed by atoms with Crippen LogP contribution in [-0.2, 0) is 14.6 Å². The normalized spacial score (nSPS) is 17.9. The quantitative estimate of drug-likeness (QED) is 0.745. The minimum Gasteiger partial charge on any atom is -0.465 e. The molecule has 1 saturated heterocycles. The van der Waals surface area contributed by atoms with Crippen molar-refractivity contribution < 1.29 is 22.7 Å². The van der Waals surface area contributed by atoms with E-state index in [9.17, 15) is 18.0 Å². The molecule has 1 fully saturated rings. The van der Waals surface area contributed by atoms with Gasteiger partial charge in [-0.15, -0.1) is 0 Å². The van der Waals surface area contributed by atoms with Crippen LogP contribution in [0.25, 0.3) is 0 Å². The van der Waals surface area contributed by atoms with Crippen LogP contribution >= 0.6 is 0 Å². The van der Waals surface area contributed by atoms with Gasteiger partial charge in [-0.3, -0.25) is 4.79 Å². The topological polar surface area (TPSA) is 114 Å². The summed E-state index contributed by atoms with van der Waals surface area (Å²) in [5.41, 5.74) is 1.71. The lowest BCUT2D eigenvalue weighted by atomic mass is 10.1. The molecule has 0 bridgehead atoms. The number of nitrogens with zero attached hydrogens (tertiary/aromatic N) is 1. The van der Waals surface area contributed by atoms with Crippen LogP contribution in [0.1, 0.15) is 27.3 Å². The number of sulfone groups is 1. The zero-order chi connectivity index (χ0) is 19.4. The number of carbonyl (C=O) groups excluding carboxylic acids is 2. The zero-order valence-corrected chi connectivity index (χ0v) is 15.5. The number of carbonyl (C=O) groups is 2. The van der Waals surface area contributed by atoms with Gasteiger partial charge < -0.3 is 15.4 Å². The predicted octanol–water partition coefficient (Wildman–Crippen LogP) is 1.53. The second-order valence-electron chi connectivity index (χ2n) is 6.17. The molecule has 8 nitrogen and oxygen atoms in total. The summed E-state index contributed by atoms with van der Waals surface area (Å²) < 4.78 is 27.7. The Morgan fingerprint density at radius 2 is 1.96 bits per heavy atom. The van der Waals surface area contributed by atoms with Gasteiger partial charge in [-0.2, -0.15) is 0 Å². The number of benzene rings is 1. The molecule has 0 spiro atoms. The highest BCUT2D eigenvalue weighted by Crippen LogP contribution is 2.21. The largest absolute Gasteiger partial charge is 0.465 e. The number of anilines is 2. The van der Waals surface area contributed by atoms with Gasteiger partial charge in [0, 0.05) is 6.04 Å². The van der Waals surface area contributed by atoms with Gasteiger partial charge >= 0.3 is 5.97 Å². The van der Waals surface area contributed by atoms with Gasteiger partial charge in [-0.1, -0.05) is 12.1 Å². The van der Waals surface area contributed by atoms with E-state index in [4.69, 9.17) is 4.74 Å². The van der Waals surface area contributed by atoms with Crippen molar-refractivity contribution in [2.75, 3.05) is 23.9 Å². The van der Waals surface area contributed by atoms with Crippen LogP contribution < -0.4 is 10.6 Å². The smallest absolute Gasteiger partial charge is 0.339 e. The number of pyridine rings is 1. The molecule has 1 aliphatic rings. The standard InChI is InChI=1S/C18H19N3O5S/c1-26-18(23)14-4-2-3-5-15(14)20-12-6-7-16(19-10-12)17(22)21-13-8-9-27(24,25)11-13/h2-7,10,13,20H,8-9,11H2,1H3,(H,21,22). The molecule has 9 heteroatoms. The zero-order valence-electron chi connectivity index (χ0n) is 14.6. The molecule has 1 amide bonds. The van der Waals surface area contributed by atoms with E-state index in [0.717, 1.165) is 0 Å². The van der Waals surface area contributed by atoms with Gasteiger partial charge in [-0.05, 0) is 30.7 Å². The minimum atomic E-state index is -3.06. The number of aromatic nitrogens is 1. The maximum Gasteiger partial charge on any atom is 0.339 e. The van der Waals surface area contributed by atoms with Crippen LogP contribution in [0, 0.1) is 0 Å². The van der Waals surface area contributed by atoms with Crippen molar-refractivity contribution in [1.82, 2.24) is 10.3 Å².